The molecule has 0 aliphatic rings. The molecule has 4 aromatic rings. The maximum absolute atomic E-state index is 9.16. The van der Waals surface area contributed by atoms with Gasteiger partial charge in [0.25, 0.3) is 0 Å². The van der Waals surface area contributed by atoms with E-state index < -0.39 is 0 Å². The number of nitrogen functional groups attached to an aromatic ring is 1. The van der Waals surface area contributed by atoms with E-state index in [0.717, 1.165) is 32.5 Å². The molecule has 140 valence electrons. The Morgan fingerprint density at radius 2 is 2.15 bits per heavy atom. The minimum atomic E-state index is -0.327. The van der Waals surface area contributed by atoms with Crippen molar-refractivity contribution >= 4 is 38.3 Å². The molecule has 0 bridgehead atoms. The summed E-state index contributed by atoms with van der Waals surface area (Å²) in [5.41, 5.74) is 8.17. The number of pyridine rings is 1. The van der Waals surface area contributed by atoms with E-state index in [-0.39, 0.29) is 12.8 Å². The molecular weight excluding hydrogens is 364 g/mol. The maximum Gasteiger partial charge on any atom is 0.192 e. The second kappa shape index (κ2) is 7.09. The summed E-state index contributed by atoms with van der Waals surface area (Å²) in [5, 5.41) is 19.1. The first-order chi connectivity index (χ1) is 13.1. The molecule has 9 heteroatoms. The number of hydrogen-bond acceptors (Lipinski definition) is 8. The summed E-state index contributed by atoms with van der Waals surface area (Å²) in [7, 11) is 0. The smallest absolute Gasteiger partial charge is 0.192 e. The lowest BCUT2D eigenvalue weighted by Crippen LogP contribution is -2.15. The summed E-state index contributed by atoms with van der Waals surface area (Å²) < 4.78 is 8.74. The molecule has 1 unspecified atom stereocenters. The molecule has 27 heavy (non-hydrogen) atoms. The Hall–Kier alpha value is -2.78. The molecule has 0 fully saturated rings. The molecule has 0 aliphatic heterocycles. The Balaban J connectivity index is 1.71. The molecular formula is C18H20N6O2S. The predicted molar refractivity (Wildman–Crippen MR) is 105 cm³/mol. The van der Waals surface area contributed by atoms with Gasteiger partial charge in [-0.15, -0.1) is 16.4 Å². The van der Waals surface area contributed by atoms with Gasteiger partial charge in [0.15, 0.2) is 12.0 Å². The summed E-state index contributed by atoms with van der Waals surface area (Å²) in [6.07, 6.45) is 2.91. The lowest BCUT2D eigenvalue weighted by molar-refractivity contribution is 0.112. The molecule has 0 aliphatic carbocycles. The summed E-state index contributed by atoms with van der Waals surface area (Å²) >= 11 is 1.65. The van der Waals surface area contributed by atoms with Crippen molar-refractivity contribution in [2.24, 2.45) is 0 Å². The molecule has 4 rings (SSSR count). The Bertz CT molecular complexity index is 1110. The molecule has 8 nitrogen and oxygen atoms in total. The summed E-state index contributed by atoms with van der Waals surface area (Å²) in [6.45, 7) is 3.92. The second-order valence-corrected chi connectivity index (χ2v) is 7.23. The van der Waals surface area contributed by atoms with E-state index >= 15 is 0 Å². The molecule has 0 amide bonds. The standard InChI is InChI=1S/C18H20N6O2S/c1-3-14-21-16-17(27-14)12-6-5-11(7-13(12)20-18(16)19)26-15(4-2)24-8-10(9-25)22-23-24/h5-8,15,25H,3-4,9H2,1-2H3,(H2,19,20). The van der Waals surface area contributed by atoms with Gasteiger partial charge in [0.2, 0.25) is 0 Å². The highest BCUT2D eigenvalue weighted by atomic mass is 32.1. The number of ether oxygens (including phenoxy) is 1. The van der Waals surface area contributed by atoms with Crippen LogP contribution in [0.4, 0.5) is 5.82 Å². The number of fused-ring (bicyclic) bond motifs is 3. The van der Waals surface area contributed by atoms with Crippen molar-refractivity contribution in [2.75, 3.05) is 5.73 Å². The third-order valence-corrected chi connectivity index (χ3v) is 5.54. The lowest BCUT2D eigenvalue weighted by Gasteiger charge is -2.17. The first kappa shape index (κ1) is 17.6. The number of aliphatic hydroxyl groups excluding tert-OH is 1. The van der Waals surface area contributed by atoms with E-state index in [1.54, 1.807) is 22.2 Å². The molecule has 3 heterocycles. The Kier molecular flexibility index (Phi) is 4.63. The summed E-state index contributed by atoms with van der Waals surface area (Å²) in [5.74, 6) is 1.10. The topological polar surface area (TPSA) is 112 Å². The van der Waals surface area contributed by atoms with Crippen molar-refractivity contribution in [3.63, 3.8) is 0 Å². The van der Waals surface area contributed by atoms with Crippen LogP contribution < -0.4 is 10.5 Å². The molecule has 0 radical (unpaired) electrons. The van der Waals surface area contributed by atoms with Crippen LogP contribution in [0.3, 0.4) is 0 Å². The number of aliphatic hydroxyl groups is 1. The molecule has 1 aromatic carbocycles. The van der Waals surface area contributed by atoms with E-state index in [1.807, 2.05) is 25.1 Å². The number of benzene rings is 1. The third kappa shape index (κ3) is 3.19. The van der Waals surface area contributed by atoms with Crippen molar-refractivity contribution in [1.82, 2.24) is 25.0 Å². The third-order valence-electron chi connectivity index (χ3n) is 4.31. The Morgan fingerprint density at radius 1 is 1.30 bits per heavy atom. The van der Waals surface area contributed by atoms with Gasteiger partial charge in [-0.25, -0.2) is 14.6 Å². The number of aryl methyl sites for hydroxylation is 1. The van der Waals surface area contributed by atoms with E-state index in [1.165, 1.54) is 0 Å². The van der Waals surface area contributed by atoms with Gasteiger partial charge < -0.3 is 15.6 Å². The maximum atomic E-state index is 9.16. The van der Waals surface area contributed by atoms with Gasteiger partial charge in [0.1, 0.15) is 17.0 Å². The second-order valence-electron chi connectivity index (χ2n) is 6.14. The number of rotatable bonds is 6. The zero-order chi connectivity index (χ0) is 19.0. The van der Waals surface area contributed by atoms with Crippen LogP contribution in [0, 0.1) is 0 Å². The minimum absolute atomic E-state index is 0.153. The van der Waals surface area contributed by atoms with Crippen molar-refractivity contribution in [2.45, 2.75) is 39.5 Å². The van der Waals surface area contributed by atoms with Crippen LogP contribution in [0.5, 0.6) is 5.75 Å². The number of anilines is 1. The molecule has 0 spiro atoms. The Morgan fingerprint density at radius 3 is 2.85 bits per heavy atom. The van der Waals surface area contributed by atoms with Crippen molar-refractivity contribution in [3.8, 4) is 5.75 Å². The van der Waals surface area contributed by atoms with Crippen molar-refractivity contribution < 1.29 is 9.84 Å². The number of thiazole rings is 1. The van der Waals surface area contributed by atoms with Crippen LogP contribution in [0.1, 0.15) is 37.2 Å². The first-order valence-corrected chi connectivity index (χ1v) is 9.61. The molecule has 0 saturated heterocycles. The fourth-order valence-corrected chi connectivity index (χ4v) is 3.98. The summed E-state index contributed by atoms with van der Waals surface area (Å²) in [4.78, 5) is 9.09. The zero-order valence-corrected chi connectivity index (χ0v) is 15.9. The molecule has 1 atom stereocenters. The molecule has 3 aromatic heterocycles. The fraction of sp³-hybridized carbons (Fsp3) is 0.333. The largest absolute Gasteiger partial charge is 0.469 e. The Labute approximate surface area is 159 Å². The van der Waals surface area contributed by atoms with Gasteiger partial charge in [-0.3, -0.25) is 0 Å². The van der Waals surface area contributed by atoms with Gasteiger partial charge in [-0.1, -0.05) is 19.1 Å². The highest BCUT2D eigenvalue weighted by Crippen LogP contribution is 2.34. The van der Waals surface area contributed by atoms with Gasteiger partial charge in [0.05, 0.1) is 28.0 Å². The highest BCUT2D eigenvalue weighted by Gasteiger charge is 2.16. The number of nitrogens with two attached hydrogens (primary N) is 1. The minimum Gasteiger partial charge on any atom is -0.469 e. The van der Waals surface area contributed by atoms with Crippen LogP contribution in [0.25, 0.3) is 21.1 Å². The average molecular weight is 384 g/mol. The van der Waals surface area contributed by atoms with Gasteiger partial charge in [-0.05, 0) is 18.6 Å². The quantitative estimate of drug-likeness (QED) is 0.525. The monoisotopic (exact) mass is 384 g/mol. The van der Waals surface area contributed by atoms with Gasteiger partial charge >= 0.3 is 0 Å². The van der Waals surface area contributed by atoms with Gasteiger partial charge in [0, 0.05) is 17.9 Å². The molecule has 3 N–H and O–H groups in total. The van der Waals surface area contributed by atoms with E-state index in [9.17, 15) is 0 Å². The van der Waals surface area contributed by atoms with Crippen LogP contribution in [-0.2, 0) is 13.0 Å². The van der Waals surface area contributed by atoms with Crippen molar-refractivity contribution in [1.29, 1.82) is 0 Å². The van der Waals surface area contributed by atoms with Crippen molar-refractivity contribution in [3.05, 3.63) is 35.1 Å². The predicted octanol–water partition coefficient (Wildman–Crippen LogP) is 3.06. The normalized spacial score (nSPS) is 12.7. The van der Waals surface area contributed by atoms with Crippen LogP contribution in [-0.4, -0.2) is 30.1 Å². The zero-order valence-electron chi connectivity index (χ0n) is 15.1. The van der Waals surface area contributed by atoms with E-state index in [2.05, 4.69) is 27.2 Å². The number of hydrogen-bond donors (Lipinski definition) is 2. The summed E-state index contributed by atoms with van der Waals surface area (Å²) in [6, 6.07) is 5.78. The molecule has 0 saturated carbocycles. The van der Waals surface area contributed by atoms with Gasteiger partial charge in [-0.2, -0.15) is 0 Å². The van der Waals surface area contributed by atoms with E-state index in [0.29, 0.717) is 23.7 Å². The van der Waals surface area contributed by atoms with Crippen LogP contribution in [0.2, 0.25) is 0 Å². The average Bonchev–Trinajstić information content (AvgIpc) is 3.33. The number of nitrogens with zero attached hydrogens (tertiary/aromatic N) is 5. The fourth-order valence-electron chi connectivity index (χ4n) is 2.93. The first-order valence-electron chi connectivity index (χ1n) is 8.79. The van der Waals surface area contributed by atoms with Crippen LogP contribution in [0.15, 0.2) is 24.4 Å². The van der Waals surface area contributed by atoms with Crippen LogP contribution >= 0.6 is 11.3 Å². The van der Waals surface area contributed by atoms with E-state index in [4.69, 9.17) is 15.6 Å². The SMILES string of the molecule is CCc1nc2c(N)nc3cc(OC(CC)n4cc(CO)nn4)ccc3c2s1. The number of aromatic nitrogens is 5. The highest BCUT2D eigenvalue weighted by molar-refractivity contribution is 7.19. The lowest BCUT2D eigenvalue weighted by atomic mass is 10.2.